The van der Waals surface area contributed by atoms with Crippen LogP contribution >= 0.6 is 11.3 Å². The molecule has 0 atom stereocenters. The molecule has 0 aliphatic heterocycles. The van der Waals surface area contributed by atoms with Crippen molar-refractivity contribution >= 4 is 28.1 Å². The number of rotatable bonds is 10. The summed E-state index contributed by atoms with van der Waals surface area (Å²) in [7, 11) is 0. The summed E-state index contributed by atoms with van der Waals surface area (Å²) >= 11 is 1.28. The molecule has 0 aliphatic rings. The fraction of sp³-hybridized carbons (Fsp3) is 0.0769. The summed E-state index contributed by atoms with van der Waals surface area (Å²) in [5.74, 6) is -1.03. The zero-order chi connectivity index (χ0) is 25.5. The number of benzene rings is 3. The molecule has 5 aromatic rings. The molecule has 3 aromatic carbocycles. The number of aliphatic carboxylic acids is 1. The van der Waals surface area contributed by atoms with Gasteiger partial charge in [-0.3, -0.25) is 0 Å². The highest BCUT2D eigenvalue weighted by molar-refractivity contribution is 7.14. The average Bonchev–Trinajstić information content (AvgIpc) is 3.63. The Bertz CT molecular complexity index is 1380. The fourth-order valence-corrected chi connectivity index (χ4v) is 4.73. The summed E-state index contributed by atoms with van der Waals surface area (Å²) in [6.07, 6.45) is 0. The van der Waals surface area contributed by atoms with Gasteiger partial charge >= 0.3 is 5.97 Å². The molecule has 11 heteroatoms. The summed E-state index contributed by atoms with van der Waals surface area (Å²) in [6.45, 7) is -0.137. The number of H-pyrrole nitrogens is 1. The van der Waals surface area contributed by atoms with Crippen molar-refractivity contribution in [1.82, 2.24) is 25.6 Å². The molecule has 2 heterocycles. The summed E-state index contributed by atoms with van der Waals surface area (Å²) in [5.41, 5.74) is 2.03. The molecule has 0 radical (unpaired) electrons. The van der Waals surface area contributed by atoms with E-state index in [9.17, 15) is 9.90 Å². The number of aromatic amines is 1. The third-order valence-electron chi connectivity index (χ3n) is 5.60. The first-order chi connectivity index (χ1) is 18.2. The van der Waals surface area contributed by atoms with Gasteiger partial charge in [-0.1, -0.05) is 101 Å². The Morgan fingerprint density at radius 1 is 0.946 bits per heavy atom. The highest BCUT2D eigenvalue weighted by Crippen LogP contribution is 2.40. The lowest BCUT2D eigenvalue weighted by molar-refractivity contribution is -0.129. The van der Waals surface area contributed by atoms with Gasteiger partial charge in [0, 0.05) is 5.38 Å². The standard InChI is InChI=1S/C26H21N7O3S/c34-24(35)23(31-36-16-22-29-32-33-30-22)21-17-37-25(27-21)28-26(18-10-4-1-5-11-18,19-12-6-2-7-13-19)20-14-8-3-9-15-20/h1-15,17H,16H2,(H,27,28)(H,34,35)(H,29,30,32,33)/b31-23-. The minimum atomic E-state index is -1.27. The predicted octanol–water partition coefficient (Wildman–Crippen LogP) is 4.07. The fourth-order valence-electron chi connectivity index (χ4n) is 3.97. The SMILES string of the molecule is O=C(O)/C(=N\OCc1nn[nH]n1)c1csc(NC(c2ccccc2)(c2ccccc2)c2ccccc2)n1. The molecule has 5 rings (SSSR count). The van der Waals surface area contributed by atoms with Crippen molar-refractivity contribution in [2.45, 2.75) is 12.1 Å². The number of oxime groups is 1. The molecule has 184 valence electrons. The van der Waals surface area contributed by atoms with Gasteiger partial charge in [-0.05, 0) is 16.7 Å². The molecule has 0 fully saturated rings. The van der Waals surface area contributed by atoms with Crippen LogP contribution in [0.5, 0.6) is 0 Å². The van der Waals surface area contributed by atoms with Crippen LogP contribution in [0.25, 0.3) is 0 Å². The number of nitrogens with one attached hydrogen (secondary N) is 2. The minimum absolute atomic E-state index is 0.137. The van der Waals surface area contributed by atoms with Crippen molar-refractivity contribution < 1.29 is 14.7 Å². The average molecular weight is 512 g/mol. The monoisotopic (exact) mass is 511 g/mol. The molecular weight excluding hydrogens is 490 g/mol. The van der Waals surface area contributed by atoms with Crippen molar-refractivity contribution in [1.29, 1.82) is 0 Å². The van der Waals surface area contributed by atoms with Crippen LogP contribution in [0, 0.1) is 0 Å². The van der Waals surface area contributed by atoms with Crippen LogP contribution in [0.2, 0.25) is 0 Å². The molecule has 0 aliphatic carbocycles. The summed E-state index contributed by atoms with van der Waals surface area (Å²) in [4.78, 5) is 21.7. The first-order valence-corrected chi connectivity index (χ1v) is 12.1. The van der Waals surface area contributed by atoms with Crippen molar-refractivity contribution in [3.63, 3.8) is 0 Å². The zero-order valence-corrected chi connectivity index (χ0v) is 20.2. The highest BCUT2D eigenvalue weighted by Gasteiger charge is 2.37. The predicted molar refractivity (Wildman–Crippen MR) is 138 cm³/mol. The highest BCUT2D eigenvalue weighted by atomic mass is 32.1. The van der Waals surface area contributed by atoms with Crippen LogP contribution < -0.4 is 5.32 Å². The van der Waals surface area contributed by atoms with Crippen molar-refractivity contribution in [2.24, 2.45) is 5.16 Å². The molecule has 0 amide bonds. The van der Waals surface area contributed by atoms with Gasteiger partial charge in [0.2, 0.25) is 11.5 Å². The van der Waals surface area contributed by atoms with Gasteiger partial charge in [0.05, 0.1) is 0 Å². The molecule has 37 heavy (non-hydrogen) atoms. The number of nitrogens with zero attached hydrogens (tertiary/aromatic N) is 5. The number of carbonyl (C=O) groups is 1. The van der Waals surface area contributed by atoms with Crippen molar-refractivity contribution in [2.75, 3.05) is 5.32 Å². The van der Waals surface area contributed by atoms with Gasteiger partial charge < -0.3 is 15.3 Å². The number of hydrogen-bond acceptors (Lipinski definition) is 9. The number of aromatic nitrogens is 5. The quantitative estimate of drug-likeness (QED) is 0.145. The molecule has 0 saturated heterocycles. The number of carboxylic acid groups (broad SMARTS) is 1. The Labute approximate surface area is 215 Å². The maximum absolute atomic E-state index is 11.9. The molecular formula is C26H21N7O3S. The van der Waals surface area contributed by atoms with Crippen molar-refractivity contribution in [3.05, 3.63) is 125 Å². The van der Waals surface area contributed by atoms with E-state index >= 15 is 0 Å². The normalized spacial score (nSPS) is 11.7. The van der Waals surface area contributed by atoms with E-state index in [4.69, 9.17) is 4.84 Å². The molecule has 10 nitrogen and oxygen atoms in total. The summed E-state index contributed by atoms with van der Waals surface area (Å²) in [5, 5.41) is 32.5. The van der Waals surface area contributed by atoms with E-state index < -0.39 is 11.5 Å². The maximum atomic E-state index is 11.9. The van der Waals surface area contributed by atoms with Gasteiger partial charge in [0.25, 0.3) is 0 Å². The Morgan fingerprint density at radius 3 is 2.00 bits per heavy atom. The molecule has 0 saturated carbocycles. The van der Waals surface area contributed by atoms with Gasteiger partial charge in [0.15, 0.2) is 11.7 Å². The van der Waals surface area contributed by atoms with Gasteiger partial charge in [0.1, 0.15) is 11.2 Å². The van der Waals surface area contributed by atoms with E-state index in [1.54, 1.807) is 5.38 Å². The molecule has 0 unspecified atom stereocenters. The third-order valence-corrected chi connectivity index (χ3v) is 6.36. The Morgan fingerprint density at radius 2 is 1.51 bits per heavy atom. The van der Waals surface area contributed by atoms with Crippen LogP contribution in [0.4, 0.5) is 5.13 Å². The lowest BCUT2D eigenvalue weighted by Gasteiger charge is -2.36. The number of carboxylic acids is 1. The maximum Gasteiger partial charge on any atom is 0.360 e. The van der Waals surface area contributed by atoms with Crippen LogP contribution in [0.1, 0.15) is 28.2 Å². The Balaban J connectivity index is 1.55. The largest absolute Gasteiger partial charge is 0.476 e. The lowest BCUT2D eigenvalue weighted by Crippen LogP contribution is -2.38. The van der Waals surface area contributed by atoms with Crippen LogP contribution in [0.3, 0.4) is 0 Å². The first-order valence-electron chi connectivity index (χ1n) is 11.2. The number of hydrogen-bond donors (Lipinski definition) is 3. The second-order valence-electron chi connectivity index (χ2n) is 7.86. The second-order valence-corrected chi connectivity index (χ2v) is 8.72. The zero-order valence-electron chi connectivity index (χ0n) is 19.4. The molecule has 0 spiro atoms. The lowest BCUT2D eigenvalue weighted by atomic mass is 9.77. The summed E-state index contributed by atoms with van der Waals surface area (Å²) in [6, 6.07) is 30.1. The first kappa shape index (κ1) is 23.8. The number of thiazole rings is 1. The molecule has 0 bridgehead atoms. The van der Waals surface area contributed by atoms with Crippen molar-refractivity contribution in [3.8, 4) is 0 Å². The van der Waals surface area contributed by atoms with E-state index in [0.717, 1.165) is 16.7 Å². The van der Waals surface area contributed by atoms with Gasteiger partial charge in [-0.2, -0.15) is 5.21 Å². The Kier molecular flexibility index (Phi) is 6.95. The van der Waals surface area contributed by atoms with E-state index in [1.165, 1.54) is 11.3 Å². The van der Waals surface area contributed by atoms with Gasteiger partial charge in [-0.15, -0.1) is 21.5 Å². The second kappa shape index (κ2) is 10.8. The molecule has 2 aromatic heterocycles. The van der Waals surface area contributed by atoms with Crippen LogP contribution in [0.15, 0.2) is 102 Å². The summed E-state index contributed by atoms with van der Waals surface area (Å²) < 4.78 is 0. The Hall–Kier alpha value is -4.90. The van der Waals surface area contributed by atoms with E-state index in [1.807, 2.05) is 54.6 Å². The van der Waals surface area contributed by atoms with Gasteiger partial charge in [-0.25, -0.2) is 9.78 Å². The minimum Gasteiger partial charge on any atom is -0.476 e. The number of anilines is 1. The smallest absolute Gasteiger partial charge is 0.360 e. The topological polar surface area (TPSA) is 138 Å². The van der Waals surface area contributed by atoms with Crippen LogP contribution in [-0.2, 0) is 21.8 Å². The molecule has 3 N–H and O–H groups in total. The van der Waals surface area contributed by atoms with E-state index in [2.05, 4.69) is 72.5 Å². The third kappa shape index (κ3) is 5.07. The number of tetrazole rings is 1. The van der Waals surface area contributed by atoms with Crippen LogP contribution in [-0.4, -0.2) is 42.4 Å². The van der Waals surface area contributed by atoms with E-state index in [0.29, 0.717) is 5.13 Å². The van der Waals surface area contributed by atoms with E-state index in [-0.39, 0.29) is 23.8 Å².